The molecule has 5 aromatic rings. The number of benzene rings is 2. The van der Waals surface area contributed by atoms with Crippen molar-refractivity contribution in [3.63, 3.8) is 0 Å². The lowest BCUT2D eigenvalue weighted by molar-refractivity contribution is -0.141. The summed E-state index contributed by atoms with van der Waals surface area (Å²) in [6, 6.07) is 14.6. The van der Waals surface area contributed by atoms with Gasteiger partial charge in [0.25, 0.3) is 0 Å². The van der Waals surface area contributed by atoms with E-state index in [1.807, 2.05) is 25.2 Å². The van der Waals surface area contributed by atoms with Crippen LogP contribution in [-0.4, -0.2) is 60.2 Å². The molecule has 2 aromatic carbocycles. The van der Waals surface area contributed by atoms with E-state index in [0.717, 1.165) is 42.2 Å². The average molecular weight is 681 g/mol. The summed E-state index contributed by atoms with van der Waals surface area (Å²) in [5.74, 6) is -0.567. The number of hydrogen-bond donors (Lipinski definition) is 2. The molecule has 1 aliphatic rings. The van der Waals surface area contributed by atoms with Gasteiger partial charge in [-0.05, 0) is 54.9 Å². The highest BCUT2D eigenvalue weighted by Gasteiger charge is 2.35. The van der Waals surface area contributed by atoms with Crippen LogP contribution in [0.15, 0.2) is 60.9 Å². The Morgan fingerprint density at radius 3 is 2.66 bits per heavy atom. The fraction of sp³-hybridized carbons (Fsp3) is 0.410. The van der Waals surface area contributed by atoms with Crippen molar-refractivity contribution in [2.24, 2.45) is 18.4 Å². The first-order valence-corrected chi connectivity index (χ1v) is 17.1. The lowest BCUT2D eigenvalue weighted by Gasteiger charge is -2.32. The molecule has 11 heteroatoms. The van der Waals surface area contributed by atoms with Crippen LogP contribution in [0.3, 0.4) is 0 Å². The molecule has 2 N–H and O–H groups in total. The molecule has 4 bridgehead atoms. The van der Waals surface area contributed by atoms with E-state index in [1.54, 1.807) is 48.1 Å². The molecule has 1 amide bonds. The average Bonchev–Trinajstić information content (AvgIpc) is 3.70. The van der Waals surface area contributed by atoms with Crippen molar-refractivity contribution in [1.29, 1.82) is 0 Å². The van der Waals surface area contributed by atoms with Gasteiger partial charge in [0.15, 0.2) is 23.2 Å². The molecular weight excluding hydrogens is 635 g/mol. The third-order valence-corrected chi connectivity index (χ3v) is 10.0. The standard InChI is InChI=1S/C39H45FN6O4/c1-24(36(48)49)18-25-10-9-11-26(19-25)39(4)15-8-7-14-38(2,3)23-45(5)33(47)21-29-28-13-17-41-31(28)22-30(40)34(29)50-27-12-16-42-32(20-27)35-43-37(39)44-46(35)6/h9-13,16-17,19-20,22,24,41H,7-8,14-15,18,21,23H2,1-6H3,(H,48,49)/t24-,39?/m0/s1. The number of carboxylic acid groups (broad SMARTS) is 1. The van der Waals surface area contributed by atoms with Gasteiger partial charge in [0.05, 0.1) is 17.8 Å². The van der Waals surface area contributed by atoms with E-state index in [2.05, 4.69) is 42.9 Å². The SMILES string of the molecule is C[C@@H](Cc1cccc(C2(C)CCCCC(C)(C)CN(C)C(=O)Cc3c(c(F)cc4[nH]ccc34)Oc3ccnc(c3)-c3nc2nn3C)c1)C(=O)O. The Kier molecular flexibility index (Phi) is 9.52. The number of aliphatic carboxylic acids is 1. The number of ether oxygens (including phenoxy) is 1. The number of aromatic amines is 1. The van der Waals surface area contributed by atoms with Gasteiger partial charge >= 0.3 is 5.97 Å². The zero-order chi connectivity index (χ0) is 35.8. The fourth-order valence-corrected chi connectivity index (χ4v) is 7.11. The van der Waals surface area contributed by atoms with E-state index in [-0.39, 0.29) is 23.5 Å². The molecule has 0 fully saturated rings. The molecule has 0 radical (unpaired) electrons. The van der Waals surface area contributed by atoms with Crippen molar-refractivity contribution in [3.05, 3.63) is 89.3 Å². The second kappa shape index (κ2) is 13.7. The maximum Gasteiger partial charge on any atom is 0.306 e. The van der Waals surface area contributed by atoms with Crippen LogP contribution in [0, 0.1) is 17.2 Å². The molecule has 50 heavy (non-hydrogen) atoms. The summed E-state index contributed by atoms with van der Waals surface area (Å²) in [6.07, 6.45) is 7.11. The number of nitrogens with zero attached hydrogens (tertiary/aromatic N) is 5. The molecule has 262 valence electrons. The third-order valence-electron chi connectivity index (χ3n) is 10.0. The summed E-state index contributed by atoms with van der Waals surface area (Å²) in [4.78, 5) is 39.8. The second-order valence-electron chi connectivity index (χ2n) is 14.7. The lowest BCUT2D eigenvalue weighted by atomic mass is 9.75. The van der Waals surface area contributed by atoms with Crippen molar-refractivity contribution in [2.75, 3.05) is 13.6 Å². The predicted octanol–water partition coefficient (Wildman–Crippen LogP) is 7.46. The first-order chi connectivity index (χ1) is 23.7. The van der Waals surface area contributed by atoms with Crippen molar-refractivity contribution >= 4 is 22.8 Å². The number of hydrogen-bond acceptors (Lipinski definition) is 6. The minimum Gasteiger partial charge on any atom is -0.481 e. The summed E-state index contributed by atoms with van der Waals surface area (Å²) >= 11 is 0. The van der Waals surface area contributed by atoms with Crippen molar-refractivity contribution in [3.8, 4) is 23.0 Å². The first-order valence-electron chi connectivity index (χ1n) is 17.1. The molecule has 0 saturated carbocycles. The van der Waals surface area contributed by atoms with Gasteiger partial charge in [0.2, 0.25) is 5.91 Å². The fourth-order valence-electron chi connectivity index (χ4n) is 7.11. The Morgan fingerprint density at radius 1 is 1.10 bits per heavy atom. The number of amides is 1. The highest BCUT2D eigenvalue weighted by molar-refractivity contribution is 5.91. The van der Waals surface area contributed by atoms with Gasteiger partial charge in [-0.3, -0.25) is 14.6 Å². The zero-order valence-electron chi connectivity index (χ0n) is 29.6. The third kappa shape index (κ3) is 7.13. The van der Waals surface area contributed by atoms with Crippen LogP contribution in [0.25, 0.3) is 22.4 Å². The number of H-pyrrole nitrogens is 1. The first kappa shape index (κ1) is 34.8. The van der Waals surface area contributed by atoms with Crippen molar-refractivity contribution in [2.45, 2.75) is 71.6 Å². The summed E-state index contributed by atoms with van der Waals surface area (Å²) < 4.78 is 23.7. The Balaban J connectivity index is 1.45. The summed E-state index contributed by atoms with van der Waals surface area (Å²) in [5, 5.41) is 15.2. The number of aryl methyl sites for hydroxylation is 1. The molecule has 2 atom stereocenters. The number of likely N-dealkylation sites (N-methyl/N-ethyl adjacent to an activating group) is 1. The number of halogens is 1. The minimum atomic E-state index is -0.831. The molecule has 6 rings (SSSR count). The monoisotopic (exact) mass is 680 g/mol. The predicted molar refractivity (Wildman–Crippen MR) is 190 cm³/mol. The van der Waals surface area contributed by atoms with Crippen LogP contribution in [0.4, 0.5) is 4.39 Å². The van der Waals surface area contributed by atoms with Crippen LogP contribution in [0.1, 0.15) is 75.9 Å². The zero-order valence-corrected chi connectivity index (χ0v) is 29.6. The maximum atomic E-state index is 15.8. The van der Waals surface area contributed by atoms with Gasteiger partial charge in [-0.15, -0.1) is 0 Å². The van der Waals surface area contributed by atoms with Gasteiger partial charge in [-0.25, -0.2) is 14.1 Å². The summed E-state index contributed by atoms with van der Waals surface area (Å²) in [5.41, 5.74) is 2.73. The summed E-state index contributed by atoms with van der Waals surface area (Å²) in [7, 11) is 3.62. The lowest BCUT2D eigenvalue weighted by Crippen LogP contribution is -2.37. The van der Waals surface area contributed by atoms with Gasteiger partial charge < -0.3 is 19.7 Å². The van der Waals surface area contributed by atoms with E-state index in [4.69, 9.17) is 14.8 Å². The molecule has 10 nitrogen and oxygen atoms in total. The van der Waals surface area contributed by atoms with Gasteiger partial charge in [-0.2, -0.15) is 5.10 Å². The number of fused-ring (bicyclic) bond motifs is 8. The number of pyridine rings is 1. The van der Waals surface area contributed by atoms with Gasteiger partial charge in [0, 0.05) is 61.6 Å². The maximum absolute atomic E-state index is 15.8. The molecular formula is C39H45FN6O4. The molecule has 0 aliphatic carbocycles. The number of rotatable bonds is 4. The Labute approximate surface area is 291 Å². The van der Waals surface area contributed by atoms with E-state index in [9.17, 15) is 14.7 Å². The van der Waals surface area contributed by atoms with E-state index < -0.39 is 23.1 Å². The summed E-state index contributed by atoms with van der Waals surface area (Å²) in [6.45, 7) is 8.72. The minimum absolute atomic E-state index is 0.00324. The van der Waals surface area contributed by atoms with E-state index >= 15 is 4.39 Å². The Bertz CT molecular complexity index is 2050. The van der Waals surface area contributed by atoms with Crippen molar-refractivity contribution in [1.82, 2.24) is 29.6 Å². The molecule has 3 aromatic heterocycles. The van der Waals surface area contributed by atoms with E-state index in [0.29, 0.717) is 47.1 Å². The molecule has 4 heterocycles. The Morgan fingerprint density at radius 2 is 1.88 bits per heavy atom. The number of carbonyl (C=O) groups is 2. The number of carboxylic acids is 1. The number of aromatic nitrogens is 5. The highest BCUT2D eigenvalue weighted by atomic mass is 19.1. The second-order valence-corrected chi connectivity index (χ2v) is 14.7. The van der Waals surface area contributed by atoms with Crippen LogP contribution < -0.4 is 4.74 Å². The normalized spacial score (nSPS) is 19.2. The van der Waals surface area contributed by atoms with Crippen LogP contribution in [-0.2, 0) is 34.9 Å². The number of nitrogens with one attached hydrogen (secondary N) is 1. The molecule has 0 saturated heterocycles. The van der Waals surface area contributed by atoms with E-state index in [1.165, 1.54) is 6.07 Å². The Hall–Kier alpha value is -5.06. The topological polar surface area (TPSA) is 126 Å². The molecule has 1 unspecified atom stereocenters. The molecule has 1 aliphatic heterocycles. The smallest absolute Gasteiger partial charge is 0.306 e. The van der Waals surface area contributed by atoms with Crippen molar-refractivity contribution < 1.29 is 23.8 Å². The quantitative estimate of drug-likeness (QED) is 0.202. The largest absolute Gasteiger partial charge is 0.481 e. The van der Waals surface area contributed by atoms with Crippen LogP contribution in [0.5, 0.6) is 11.5 Å². The van der Waals surface area contributed by atoms with Gasteiger partial charge in [0.1, 0.15) is 11.4 Å². The van der Waals surface area contributed by atoms with Crippen LogP contribution >= 0.6 is 0 Å². The highest BCUT2D eigenvalue weighted by Crippen LogP contribution is 2.39. The van der Waals surface area contributed by atoms with Gasteiger partial charge in [-0.1, -0.05) is 57.9 Å². The number of carbonyl (C=O) groups excluding carboxylic acids is 1. The molecule has 0 spiro atoms. The van der Waals surface area contributed by atoms with Crippen LogP contribution in [0.2, 0.25) is 0 Å².